The zero-order chi connectivity index (χ0) is 11.4. The Labute approximate surface area is 105 Å². The number of nitrogens with one attached hydrogen (secondary N) is 1. The molecule has 16 heavy (non-hydrogen) atoms. The predicted octanol–water partition coefficient (Wildman–Crippen LogP) is 2.73. The standard InChI is InChI=1S/C10H9BrFN3S/c11-8-1-2-10(12)7(3-8)4-13-5-9-6-16-15-14-9/h1-3,6,13H,4-5H2. The van der Waals surface area contributed by atoms with Gasteiger partial charge in [0, 0.05) is 28.5 Å². The van der Waals surface area contributed by atoms with Gasteiger partial charge in [-0.1, -0.05) is 20.4 Å². The van der Waals surface area contributed by atoms with E-state index in [9.17, 15) is 4.39 Å². The van der Waals surface area contributed by atoms with Gasteiger partial charge in [-0.3, -0.25) is 0 Å². The molecule has 1 N–H and O–H groups in total. The smallest absolute Gasteiger partial charge is 0.127 e. The fourth-order valence-electron chi connectivity index (χ4n) is 1.27. The van der Waals surface area contributed by atoms with Gasteiger partial charge >= 0.3 is 0 Å². The number of hydrogen-bond acceptors (Lipinski definition) is 4. The first-order valence-electron chi connectivity index (χ1n) is 4.66. The summed E-state index contributed by atoms with van der Waals surface area (Å²) in [6.07, 6.45) is 0. The second kappa shape index (κ2) is 5.47. The summed E-state index contributed by atoms with van der Waals surface area (Å²) in [5.41, 5.74) is 1.51. The third kappa shape index (κ3) is 3.07. The van der Waals surface area contributed by atoms with Gasteiger partial charge in [-0.25, -0.2) is 4.39 Å². The molecule has 0 unspecified atom stereocenters. The maximum Gasteiger partial charge on any atom is 0.127 e. The summed E-state index contributed by atoms with van der Waals surface area (Å²) in [6, 6.07) is 4.90. The normalized spacial score (nSPS) is 10.6. The molecule has 0 spiro atoms. The molecular formula is C10H9BrFN3S. The van der Waals surface area contributed by atoms with Gasteiger partial charge in [0.1, 0.15) is 5.82 Å². The Morgan fingerprint density at radius 1 is 1.38 bits per heavy atom. The van der Waals surface area contributed by atoms with Crippen molar-refractivity contribution in [1.29, 1.82) is 0 Å². The summed E-state index contributed by atoms with van der Waals surface area (Å²) in [5.74, 6) is -0.202. The second-order valence-corrected chi connectivity index (χ2v) is 4.76. The average molecular weight is 302 g/mol. The Kier molecular flexibility index (Phi) is 3.98. The van der Waals surface area contributed by atoms with Crippen LogP contribution in [0.5, 0.6) is 0 Å². The third-order valence-corrected chi connectivity index (χ3v) is 3.08. The molecule has 84 valence electrons. The Morgan fingerprint density at radius 3 is 3.00 bits per heavy atom. The van der Waals surface area contributed by atoms with Gasteiger partial charge in [0.25, 0.3) is 0 Å². The molecule has 0 amide bonds. The molecule has 0 aliphatic heterocycles. The van der Waals surface area contributed by atoms with Crippen LogP contribution >= 0.6 is 27.5 Å². The minimum absolute atomic E-state index is 0.202. The highest BCUT2D eigenvalue weighted by Crippen LogP contribution is 2.15. The van der Waals surface area contributed by atoms with E-state index in [-0.39, 0.29) is 5.82 Å². The first-order valence-corrected chi connectivity index (χ1v) is 6.29. The van der Waals surface area contributed by atoms with E-state index in [1.807, 2.05) is 5.38 Å². The van der Waals surface area contributed by atoms with Crippen LogP contribution in [0.25, 0.3) is 0 Å². The highest BCUT2D eigenvalue weighted by Gasteiger charge is 2.03. The summed E-state index contributed by atoms with van der Waals surface area (Å²) in [4.78, 5) is 0. The van der Waals surface area contributed by atoms with E-state index in [2.05, 4.69) is 30.8 Å². The molecule has 1 aromatic carbocycles. The van der Waals surface area contributed by atoms with E-state index in [4.69, 9.17) is 0 Å². The third-order valence-electron chi connectivity index (χ3n) is 2.03. The van der Waals surface area contributed by atoms with Crippen LogP contribution in [-0.4, -0.2) is 9.59 Å². The van der Waals surface area contributed by atoms with Crippen molar-refractivity contribution in [2.45, 2.75) is 13.1 Å². The van der Waals surface area contributed by atoms with Crippen LogP contribution in [0, 0.1) is 5.82 Å². The highest BCUT2D eigenvalue weighted by atomic mass is 79.9. The zero-order valence-corrected chi connectivity index (χ0v) is 10.7. The fourth-order valence-corrected chi connectivity index (χ4v) is 2.12. The van der Waals surface area contributed by atoms with E-state index >= 15 is 0 Å². The van der Waals surface area contributed by atoms with Crippen LogP contribution in [0.15, 0.2) is 28.1 Å². The maximum absolute atomic E-state index is 13.3. The lowest BCUT2D eigenvalue weighted by atomic mass is 10.2. The van der Waals surface area contributed by atoms with Crippen molar-refractivity contribution in [3.05, 3.63) is 45.1 Å². The lowest BCUT2D eigenvalue weighted by Crippen LogP contribution is -2.14. The number of hydrogen-bond donors (Lipinski definition) is 1. The number of benzene rings is 1. The molecule has 0 fully saturated rings. The molecule has 0 aliphatic rings. The summed E-state index contributed by atoms with van der Waals surface area (Å²) in [5, 5.41) is 8.87. The van der Waals surface area contributed by atoms with Crippen molar-refractivity contribution in [1.82, 2.24) is 14.9 Å². The average Bonchev–Trinajstić information content (AvgIpc) is 2.76. The van der Waals surface area contributed by atoms with Crippen LogP contribution < -0.4 is 5.32 Å². The largest absolute Gasteiger partial charge is 0.307 e. The minimum atomic E-state index is -0.202. The van der Waals surface area contributed by atoms with Crippen LogP contribution in [0.4, 0.5) is 4.39 Å². The molecule has 6 heteroatoms. The molecule has 1 heterocycles. The quantitative estimate of drug-likeness (QED) is 0.943. The Bertz CT molecular complexity index is 461. The van der Waals surface area contributed by atoms with Crippen molar-refractivity contribution < 1.29 is 4.39 Å². The zero-order valence-electron chi connectivity index (χ0n) is 8.28. The number of halogens is 2. The summed E-state index contributed by atoms with van der Waals surface area (Å²) in [7, 11) is 0. The Hall–Kier alpha value is -0.850. The van der Waals surface area contributed by atoms with Crippen molar-refractivity contribution >= 4 is 27.5 Å². The molecule has 0 bridgehead atoms. The van der Waals surface area contributed by atoms with Crippen molar-refractivity contribution in [3.8, 4) is 0 Å². The topological polar surface area (TPSA) is 37.8 Å². The Morgan fingerprint density at radius 2 is 2.25 bits per heavy atom. The second-order valence-electron chi connectivity index (χ2n) is 3.24. The van der Waals surface area contributed by atoms with Crippen LogP contribution in [0.3, 0.4) is 0 Å². The monoisotopic (exact) mass is 301 g/mol. The van der Waals surface area contributed by atoms with E-state index in [1.165, 1.54) is 17.6 Å². The van der Waals surface area contributed by atoms with Gasteiger partial charge in [-0.15, -0.1) is 5.10 Å². The van der Waals surface area contributed by atoms with Gasteiger partial charge in [0.2, 0.25) is 0 Å². The van der Waals surface area contributed by atoms with Crippen LogP contribution in [0.1, 0.15) is 11.3 Å². The summed E-state index contributed by atoms with van der Waals surface area (Å²) >= 11 is 4.62. The summed E-state index contributed by atoms with van der Waals surface area (Å²) in [6.45, 7) is 1.07. The number of aromatic nitrogens is 2. The molecule has 3 nitrogen and oxygen atoms in total. The summed E-state index contributed by atoms with van der Waals surface area (Å²) < 4.78 is 18.0. The lowest BCUT2D eigenvalue weighted by molar-refractivity contribution is 0.585. The van der Waals surface area contributed by atoms with E-state index in [0.717, 1.165) is 10.2 Å². The predicted molar refractivity (Wildman–Crippen MR) is 64.6 cm³/mol. The molecule has 0 radical (unpaired) electrons. The molecule has 2 aromatic rings. The molecule has 0 atom stereocenters. The number of rotatable bonds is 4. The number of nitrogens with zero attached hydrogens (tertiary/aromatic N) is 2. The molecule has 0 saturated heterocycles. The van der Waals surface area contributed by atoms with Gasteiger partial charge in [0.15, 0.2) is 0 Å². The van der Waals surface area contributed by atoms with Crippen LogP contribution in [-0.2, 0) is 13.1 Å². The van der Waals surface area contributed by atoms with E-state index < -0.39 is 0 Å². The van der Waals surface area contributed by atoms with Gasteiger partial charge in [-0.05, 0) is 29.7 Å². The highest BCUT2D eigenvalue weighted by molar-refractivity contribution is 9.10. The van der Waals surface area contributed by atoms with Gasteiger partial charge < -0.3 is 5.32 Å². The molecule has 2 rings (SSSR count). The fraction of sp³-hybridized carbons (Fsp3) is 0.200. The van der Waals surface area contributed by atoms with E-state index in [0.29, 0.717) is 18.7 Å². The molecule has 1 aromatic heterocycles. The molecular weight excluding hydrogens is 293 g/mol. The van der Waals surface area contributed by atoms with Crippen molar-refractivity contribution in [2.24, 2.45) is 0 Å². The minimum Gasteiger partial charge on any atom is -0.307 e. The van der Waals surface area contributed by atoms with E-state index in [1.54, 1.807) is 12.1 Å². The van der Waals surface area contributed by atoms with Crippen molar-refractivity contribution in [3.63, 3.8) is 0 Å². The first kappa shape index (κ1) is 11.6. The molecule has 0 saturated carbocycles. The van der Waals surface area contributed by atoms with Gasteiger partial charge in [-0.2, -0.15) is 0 Å². The van der Waals surface area contributed by atoms with Gasteiger partial charge in [0.05, 0.1) is 5.69 Å². The lowest BCUT2D eigenvalue weighted by Gasteiger charge is -2.04. The first-order chi connectivity index (χ1) is 7.75. The Balaban J connectivity index is 1.92. The SMILES string of the molecule is Fc1ccc(Br)cc1CNCc1csnn1. The van der Waals surface area contributed by atoms with Crippen LogP contribution in [0.2, 0.25) is 0 Å². The molecule has 0 aliphatic carbocycles. The van der Waals surface area contributed by atoms with Crippen molar-refractivity contribution in [2.75, 3.05) is 0 Å². The maximum atomic E-state index is 13.3.